The van der Waals surface area contributed by atoms with Crippen molar-refractivity contribution in [2.75, 3.05) is 31.1 Å². The van der Waals surface area contributed by atoms with Gasteiger partial charge in [-0.2, -0.15) is 4.31 Å². The second-order valence-electron chi connectivity index (χ2n) is 7.13. The number of hydrogen-bond acceptors (Lipinski definition) is 5. The van der Waals surface area contributed by atoms with E-state index in [9.17, 15) is 8.42 Å². The Morgan fingerprint density at radius 1 is 1.07 bits per heavy atom. The molecule has 0 bridgehead atoms. The lowest BCUT2D eigenvalue weighted by atomic mass is 10.1. The van der Waals surface area contributed by atoms with Crippen LogP contribution >= 0.6 is 27.3 Å². The van der Waals surface area contributed by atoms with Gasteiger partial charge in [0.25, 0.3) is 0 Å². The molecule has 0 saturated carbocycles. The van der Waals surface area contributed by atoms with Crippen LogP contribution in [0.1, 0.15) is 16.8 Å². The molecule has 3 aromatic rings. The molecule has 5 nitrogen and oxygen atoms in total. The van der Waals surface area contributed by atoms with Crippen LogP contribution < -0.4 is 4.90 Å². The Morgan fingerprint density at radius 2 is 1.79 bits per heavy atom. The fourth-order valence-electron chi connectivity index (χ4n) is 3.43. The highest BCUT2D eigenvalue weighted by Crippen LogP contribution is 2.26. The molecule has 1 aliphatic heterocycles. The molecule has 0 radical (unpaired) electrons. The molecule has 2 aromatic carbocycles. The van der Waals surface area contributed by atoms with E-state index in [0.717, 1.165) is 21.7 Å². The highest BCUT2D eigenvalue weighted by molar-refractivity contribution is 9.10. The summed E-state index contributed by atoms with van der Waals surface area (Å²) in [6, 6.07) is 15.3. The number of aromatic nitrogens is 1. The van der Waals surface area contributed by atoms with Crippen molar-refractivity contribution in [3.8, 4) is 0 Å². The second kappa shape index (κ2) is 8.55. The van der Waals surface area contributed by atoms with Crippen LogP contribution in [0.2, 0.25) is 0 Å². The predicted octanol–water partition coefficient (Wildman–Crippen LogP) is 4.32. The standard InChI is InChI=1S/C21H22BrN3O2S2/c1-16-3-2-4-17(13-16)14-19-15-28-21(23-19)24-9-11-25(12-10-24)29(26,27)20-7-5-18(22)6-8-20/h2-8,13,15H,9-12,14H2,1H3. The molecule has 0 N–H and O–H groups in total. The van der Waals surface area contributed by atoms with Gasteiger partial charge in [0.1, 0.15) is 0 Å². The summed E-state index contributed by atoms with van der Waals surface area (Å²) in [5.74, 6) is 0. The summed E-state index contributed by atoms with van der Waals surface area (Å²) >= 11 is 4.98. The maximum atomic E-state index is 12.9. The fourth-order valence-corrected chi connectivity index (χ4v) is 5.99. The number of anilines is 1. The number of sulfonamides is 1. The van der Waals surface area contributed by atoms with Gasteiger partial charge < -0.3 is 4.90 Å². The van der Waals surface area contributed by atoms with E-state index in [1.807, 2.05) is 0 Å². The Bertz CT molecular complexity index is 1090. The Morgan fingerprint density at radius 3 is 2.48 bits per heavy atom. The van der Waals surface area contributed by atoms with Crippen LogP contribution in [0.5, 0.6) is 0 Å². The first-order valence-electron chi connectivity index (χ1n) is 9.42. The maximum Gasteiger partial charge on any atom is 0.243 e. The van der Waals surface area contributed by atoms with Gasteiger partial charge in [-0.25, -0.2) is 13.4 Å². The fraction of sp³-hybridized carbons (Fsp3) is 0.286. The van der Waals surface area contributed by atoms with Crippen molar-refractivity contribution in [3.05, 3.63) is 75.2 Å². The van der Waals surface area contributed by atoms with E-state index in [-0.39, 0.29) is 0 Å². The SMILES string of the molecule is Cc1cccc(Cc2csc(N3CCN(S(=O)(=O)c4ccc(Br)cc4)CC3)n2)c1. The Hall–Kier alpha value is -1.74. The molecule has 152 valence electrons. The smallest absolute Gasteiger partial charge is 0.243 e. The van der Waals surface area contributed by atoms with Crippen molar-refractivity contribution in [1.29, 1.82) is 0 Å². The second-order valence-corrected chi connectivity index (χ2v) is 10.8. The van der Waals surface area contributed by atoms with Crippen LogP contribution in [0.4, 0.5) is 5.13 Å². The molecule has 8 heteroatoms. The first kappa shape index (κ1) is 20.5. The molecule has 0 amide bonds. The third-order valence-corrected chi connectivity index (χ3v) is 8.36. The van der Waals surface area contributed by atoms with Crippen molar-refractivity contribution in [1.82, 2.24) is 9.29 Å². The first-order valence-corrected chi connectivity index (χ1v) is 12.5. The zero-order valence-corrected chi connectivity index (χ0v) is 19.3. The molecule has 29 heavy (non-hydrogen) atoms. The lowest BCUT2D eigenvalue weighted by Gasteiger charge is -2.33. The van der Waals surface area contributed by atoms with Crippen LogP contribution in [0.25, 0.3) is 0 Å². The number of thiazole rings is 1. The quantitative estimate of drug-likeness (QED) is 0.533. The van der Waals surface area contributed by atoms with Crippen molar-refractivity contribution in [3.63, 3.8) is 0 Å². The monoisotopic (exact) mass is 491 g/mol. The van der Waals surface area contributed by atoms with Crippen LogP contribution in [-0.4, -0.2) is 43.9 Å². The van der Waals surface area contributed by atoms with E-state index in [2.05, 4.69) is 57.4 Å². The Labute approximate surface area is 184 Å². The normalized spacial score (nSPS) is 15.6. The minimum atomic E-state index is -3.46. The highest BCUT2D eigenvalue weighted by Gasteiger charge is 2.29. The van der Waals surface area contributed by atoms with Gasteiger partial charge in [0.15, 0.2) is 5.13 Å². The summed E-state index contributed by atoms with van der Waals surface area (Å²) in [6.45, 7) is 4.31. The molecule has 0 atom stereocenters. The van der Waals surface area contributed by atoms with Gasteiger partial charge >= 0.3 is 0 Å². The summed E-state index contributed by atoms with van der Waals surface area (Å²) in [7, 11) is -3.46. The Balaban J connectivity index is 1.40. The number of aryl methyl sites for hydroxylation is 1. The third-order valence-electron chi connectivity index (χ3n) is 4.97. The number of halogens is 1. The zero-order chi connectivity index (χ0) is 20.4. The van der Waals surface area contributed by atoms with Crippen molar-refractivity contribution in [2.45, 2.75) is 18.2 Å². The van der Waals surface area contributed by atoms with E-state index in [1.165, 1.54) is 11.1 Å². The summed E-state index contributed by atoms with van der Waals surface area (Å²) in [5.41, 5.74) is 3.56. The average Bonchev–Trinajstić information content (AvgIpc) is 3.17. The molecule has 0 spiro atoms. The first-order chi connectivity index (χ1) is 13.9. The molecule has 4 rings (SSSR count). The molecule has 1 fully saturated rings. The maximum absolute atomic E-state index is 12.9. The van der Waals surface area contributed by atoms with Gasteiger partial charge in [-0.3, -0.25) is 0 Å². The van der Waals surface area contributed by atoms with E-state index in [0.29, 0.717) is 31.1 Å². The number of benzene rings is 2. The summed E-state index contributed by atoms with van der Waals surface area (Å²) in [6.07, 6.45) is 0.816. The molecular weight excluding hydrogens is 470 g/mol. The number of piperazine rings is 1. The molecule has 1 saturated heterocycles. The van der Waals surface area contributed by atoms with Gasteiger partial charge in [-0.05, 0) is 36.8 Å². The molecule has 1 aliphatic rings. The third kappa shape index (κ3) is 4.71. The number of rotatable bonds is 5. The average molecular weight is 492 g/mol. The van der Waals surface area contributed by atoms with Crippen molar-refractivity contribution < 1.29 is 8.42 Å². The summed E-state index contributed by atoms with van der Waals surface area (Å²) in [5, 5.41) is 3.07. The van der Waals surface area contributed by atoms with Crippen LogP contribution in [0, 0.1) is 6.92 Å². The highest BCUT2D eigenvalue weighted by atomic mass is 79.9. The van der Waals surface area contributed by atoms with Gasteiger partial charge in [0.2, 0.25) is 10.0 Å². The van der Waals surface area contributed by atoms with E-state index < -0.39 is 10.0 Å². The van der Waals surface area contributed by atoms with Crippen LogP contribution in [0.15, 0.2) is 63.3 Å². The molecular formula is C21H22BrN3O2S2. The largest absolute Gasteiger partial charge is 0.345 e. The molecule has 0 unspecified atom stereocenters. The summed E-state index contributed by atoms with van der Waals surface area (Å²) in [4.78, 5) is 7.30. The predicted molar refractivity (Wildman–Crippen MR) is 121 cm³/mol. The van der Waals surface area contributed by atoms with Crippen LogP contribution in [0.3, 0.4) is 0 Å². The molecule has 2 heterocycles. The summed E-state index contributed by atoms with van der Waals surface area (Å²) < 4.78 is 28.1. The lowest BCUT2D eigenvalue weighted by Crippen LogP contribution is -2.48. The van der Waals surface area contributed by atoms with E-state index in [4.69, 9.17) is 4.98 Å². The topological polar surface area (TPSA) is 53.5 Å². The lowest BCUT2D eigenvalue weighted by molar-refractivity contribution is 0.384. The number of hydrogen-bond donors (Lipinski definition) is 0. The zero-order valence-electron chi connectivity index (χ0n) is 16.1. The minimum absolute atomic E-state index is 0.337. The van der Waals surface area contributed by atoms with Gasteiger partial charge in [0, 0.05) is 42.5 Å². The van der Waals surface area contributed by atoms with Crippen molar-refractivity contribution in [2.24, 2.45) is 0 Å². The molecule has 1 aromatic heterocycles. The van der Waals surface area contributed by atoms with Crippen LogP contribution in [-0.2, 0) is 16.4 Å². The van der Waals surface area contributed by atoms with E-state index >= 15 is 0 Å². The minimum Gasteiger partial charge on any atom is -0.345 e. The Kier molecular flexibility index (Phi) is 6.06. The van der Waals surface area contributed by atoms with Gasteiger partial charge in [-0.1, -0.05) is 45.8 Å². The van der Waals surface area contributed by atoms with Gasteiger partial charge in [0.05, 0.1) is 10.6 Å². The van der Waals surface area contributed by atoms with Gasteiger partial charge in [-0.15, -0.1) is 11.3 Å². The molecule has 0 aliphatic carbocycles. The van der Waals surface area contributed by atoms with E-state index in [1.54, 1.807) is 39.9 Å². The number of nitrogens with zero attached hydrogens (tertiary/aromatic N) is 3. The van der Waals surface area contributed by atoms with Crippen molar-refractivity contribution >= 4 is 42.4 Å².